The normalized spacial score (nSPS) is 17.5. The molecule has 1 aromatic carbocycles. The van der Waals surface area contributed by atoms with Crippen LogP contribution < -0.4 is 11.1 Å². The Morgan fingerprint density at radius 3 is 2.64 bits per heavy atom. The van der Waals surface area contributed by atoms with Gasteiger partial charge in [0.15, 0.2) is 0 Å². The highest BCUT2D eigenvalue weighted by atomic mass is 35.5. The van der Waals surface area contributed by atoms with E-state index in [1.807, 2.05) is 24.3 Å². The third-order valence-electron chi connectivity index (χ3n) is 3.93. The molecule has 0 radical (unpaired) electrons. The minimum Gasteiger partial charge on any atom is -0.399 e. The predicted octanol–water partition coefficient (Wildman–Crippen LogP) is 1.61. The number of carbonyl (C=O) groups excluding carboxylic acids is 2. The summed E-state index contributed by atoms with van der Waals surface area (Å²) in [6, 6.07) is 7.67. The van der Waals surface area contributed by atoms with Gasteiger partial charge in [-0.15, -0.1) is 12.4 Å². The number of carbonyl (C=O) groups is 2. The van der Waals surface area contributed by atoms with Crippen molar-refractivity contribution < 1.29 is 9.59 Å². The lowest BCUT2D eigenvalue weighted by atomic mass is 9.97. The summed E-state index contributed by atoms with van der Waals surface area (Å²) < 4.78 is 0. The molecule has 1 aliphatic rings. The van der Waals surface area contributed by atoms with Crippen molar-refractivity contribution in [2.24, 2.45) is 5.92 Å². The number of nitrogens with two attached hydrogens (primary N) is 1. The van der Waals surface area contributed by atoms with Gasteiger partial charge >= 0.3 is 0 Å². The molecule has 2 rings (SSSR count). The van der Waals surface area contributed by atoms with E-state index in [0.717, 1.165) is 37.1 Å². The van der Waals surface area contributed by atoms with Crippen LogP contribution in [-0.4, -0.2) is 36.3 Å². The van der Waals surface area contributed by atoms with Crippen molar-refractivity contribution >= 4 is 29.9 Å². The smallest absolute Gasteiger partial charge is 0.224 e. The second-order valence-electron chi connectivity index (χ2n) is 5.59. The van der Waals surface area contributed by atoms with Gasteiger partial charge in [-0.3, -0.25) is 9.59 Å². The minimum absolute atomic E-state index is 0. The van der Waals surface area contributed by atoms with Crippen molar-refractivity contribution in [2.75, 3.05) is 25.4 Å². The largest absolute Gasteiger partial charge is 0.399 e. The van der Waals surface area contributed by atoms with Gasteiger partial charge in [-0.05, 0) is 37.0 Å². The average Bonchev–Trinajstić information content (AvgIpc) is 2.49. The van der Waals surface area contributed by atoms with Crippen molar-refractivity contribution in [2.45, 2.75) is 26.2 Å². The standard InChI is InChI=1S/C16H23N3O2.ClH/c1-12(20)19-10-2-3-14(11-19)16(21)18-9-8-13-4-6-15(17)7-5-13;/h4-7,14H,2-3,8-11,17H2,1H3,(H,18,21);1H. The Kier molecular flexibility index (Phi) is 7.18. The summed E-state index contributed by atoms with van der Waals surface area (Å²) in [5.74, 6) is 0.0276. The third kappa shape index (κ3) is 5.22. The van der Waals surface area contributed by atoms with Gasteiger partial charge in [0.05, 0.1) is 5.92 Å². The van der Waals surface area contributed by atoms with E-state index >= 15 is 0 Å². The molecule has 1 fully saturated rings. The van der Waals surface area contributed by atoms with Gasteiger partial charge < -0.3 is 16.0 Å². The maximum Gasteiger partial charge on any atom is 0.224 e. The molecule has 0 spiro atoms. The van der Waals surface area contributed by atoms with Crippen LogP contribution in [0.15, 0.2) is 24.3 Å². The molecule has 0 aromatic heterocycles. The van der Waals surface area contributed by atoms with Crippen LogP contribution in [0, 0.1) is 5.92 Å². The summed E-state index contributed by atoms with van der Waals surface area (Å²) >= 11 is 0. The number of hydrogen-bond donors (Lipinski definition) is 2. The third-order valence-corrected chi connectivity index (χ3v) is 3.93. The number of nitrogen functional groups attached to an aromatic ring is 1. The number of hydrogen-bond acceptors (Lipinski definition) is 3. The summed E-state index contributed by atoms with van der Waals surface area (Å²) in [5, 5.41) is 2.97. The number of anilines is 1. The van der Waals surface area contributed by atoms with Gasteiger partial charge in [0.1, 0.15) is 0 Å². The molecule has 1 saturated heterocycles. The van der Waals surface area contributed by atoms with Gasteiger partial charge in [0.25, 0.3) is 0 Å². The summed E-state index contributed by atoms with van der Waals surface area (Å²) in [7, 11) is 0. The molecule has 2 amide bonds. The molecule has 1 aliphatic heterocycles. The topological polar surface area (TPSA) is 75.4 Å². The lowest BCUT2D eigenvalue weighted by Gasteiger charge is -2.31. The van der Waals surface area contributed by atoms with Crippen LogP contribution in [0.2, 0.25) is 0 Å². The Hall–Kier alpha value is -1.75. The molecule has 1 heterocycles. The first-order chi connectivity index (χ1) is 10.1. The number of likely N-dealkylation sites (tertiary alicyclic amines) is 1. The number of nitrogens with zero attached hydrogens (tertiary/aromatic N) is 1. The Balaban J connectivity index is 0.00000242. The second kappa shape index (κ2) is 8.63. The molecule has 1 atom stereocenters. The number of piperidine rings is 1. The molecule has 0 aliphatic carbocycles. The molecule has 1 aromatic rings. The first kappa shape index (κ1) is 18.3. The fourth-order valence-corrected chi connectivity index (χ4v) is 2.64. The SMILES string of the molecule is CC(=O)N1CCCC(C(=O)NCCc2ccc(N)cc2)C1.Cl. The molecule has 3 N–H and O–H groups in total. The van der Waals surface area contributed by atoms with Gasteiger partial charge in [-0.25, -0.2) is 0 Å². The summed E-state index contributed by atoms with van der Waals surface area (Å²) in [6.45, 7) is 3.48. The molecular weight excluding hydrogens is 302 g/mol. The highest BCUT2D eigenvalue weighted by Gasteiger charge is 2.26. The van der Waals surface area contributed by atoms with Gasteiger partial charge in [-0.2, -0.15) is 0 Å². The Labute approximate surface area is 137 Å². The molecule has 1 unspecified atom stereocenters. The molecular formula is C16H24ClN3O2. The van der Waals surface area contributed by atoms with E-state index in [-0.39, 0.29) is 30.1 Å². The van der Waals surface area contributed by atoms with Crippen LogP contribution in [0.5, 0.6) is 0 Å². The molecule has 22 heavy (non-hydrogen) atoms. The number of halogens is 1. The van der Waals surface area contributed by atoms with Gasteiger partial charge in [-0.1, -0.05) is 12.1 Å². The van der Waals surface area contributed by atoms with Crippen molar-refractivity contribution in [3.63, 3.8) is 0 Å². The number of nitrogens with one attached hydrogen (secondary N) is 1. The van der Waals surface area contributed by atoms with E-state index in [9.17, 15) is 9.59 Å². The predicted molar refractivity (Wildman–Crippen MR) is 89.8 cm³/mol. The Morgan fingerprint density at radius 2 is 2.00 bits per heavy atom. The van der Waals surface area contributed by atoms with Gasteiger partial charge in [0.2, 0.25) is 11.8 Å². The summed E-state index contributed by atoms with van der Waals surface area (Å²) in [5.41, 5.74) is 7.53. The number of benzene rings is 1. The highest BCUT2D eigenvalue weighted by Crippen LogP contribution is 2.16. The fraction of sp³-hybridized carbons (Fsp3) is 0.500. The molecule has 0 bridgehead atoms. The average molecular weight is 326 g/mol. The maximum absolute atomic E-state index is 12.1. The zero-order valence-corrected chi connectivity index (χ0v) is 13.7. The van der Waals surface area contributed by atoms with Crippen molar-refractivity contribution in [3.05, 3.63) is 29.8 Å². The van der Waals surface area contributed by atoms with E-state index in [4.69, 9.17) is 5.73 Å². The van der Waals surface area contributed by atoms with Crippen molar-refractivity contribution in [1.29, 1.82) is 0 Å². The molecule has 5 nitrogen and oxygen atoms in total. The van der Waals surface area contributed by atoms with Gasteiger partial charge in [0, 0.05) is 32.2 Å². The lowest BCUT2D eigenvalue weighted by molar-refractivity contribution is -0.133. The number of amides is 2. The fourth-order valence-electron chi connectivity index (χ4n) is 2.64. The van der Waals surface area contributed by atoms with E-state index < -0.39 is 0 Å². The van der Waals surface area contributed by atoms with E-state index in [1.54, 1.807) is 11.8 Å². The first-order valence-corrected chi connectivity index (χ1v) is 7.44. The van der Waals surface area contributed by atoms with Crippen molar-refractivity contribution in [1.82, 2.24) is 10.2 Å². The summed E-state index contributed by atoms with van der Waals surface area (Å²) in [6.07, 6.45) is 2.54. The van der Waals surface area contributed by atoms with Crippen LogP contribution in [0.4, 0.5) is 5.69 Å². The zero-order valence-electron chi connectivity index (χ0n) is 12.9. The van der Waals surface area contributed by atoms with E-state index in [0.29, 0.717) is 13.1 Å². The summed E-state index contributed by atoms with van der Waals surface area (Å²) in [4.78, 5) is 25.3. The zero-order chi connectivity index (χ0) is 15.2. The van der Waals surface area contributed by atoms with Crippen LogP contribution >= 0.6 is 12.4 Å². The first-order valence-electron chi connectivity index (χ1n) is 7.44. The van der Waals surface area contributed by atoms with E-state index in [1.165, 1.54) is 0 Å². The minimum atomic E-state index is -0.0749. The van der Waals surface area contributed by atoms with Crippen molar-refractivity contribution in [3.8, 4) is 0 Å². The molecule has 0 saturated carbocycles. The Bertz CT molecular complexity index is 505. The molecule has 6 heteroatoms. The van der Waals surface area contributed by atoms with Crippen LogP contribution in [0.1, 0.15) is 25.3 Å². The lowest BCUT2D eigenvalue weighted by Crippen LogP contribution is -2.45. The van der Waals surface area contributed by atoms with Crippen LogP contribution in [0.3, 0.4) is 0 Å². The van der Waals surface area contributed by atoms with Crippen LogP contribution in [-0.2, 0) is 16.0 Å². The maximum atomic E-state index is 12.1. The second-order valence-corrected chi connectivity index (χ2v) is 5.59. The van der Waals surface area contributed by atoms with E-state index in [2.05, 4.69) is 5.32 Å². The highest BCUT2D eigenvalue weighted by molar-refractivity contribution is 5.85. The number of rotatable bonds is 4. The monoisotopic (exact) mass is 325 g/mol. The van der Waals surface area contributed by atoms with Crippen LogP contribution in [0.25, 0.3) is 0 Å². The quantitative estimate of drug-likeness (QED) is 0.826. The molecule has 122 valence electrons. The Morgan fingerprint density at radius 1 is 1.32 bits per heavy atom.